The zero-order valence-electron chi connectivity index (χ0n) is 15.1. The van der Waals surface area contributed by atoms with Gasteiger partial charge < -0.3 is 14.5 Å². The van der Waals surface area contributed by atoms with Gasteiger partial charge in [-0.25, -0.2) is 4.39 Å². The smallest absolute Gasteiger partial charge is 0.313 e. The highest BCUT2D eigenvalue weighted by Crippen LogP contribution is 2.54. The van der Waals surface area contributed by atoms with Gasteiger partial charge in [-0.1, -0.05) is 44.2 Å². The zero-order valence-corrected chi connectivity index (χ0v) is 15.1. The molecule has 1 aliphatic carbocycles. The molecule has 4 nitrogen and oxygen atoms in total. The van der Waals surface area contributed by atoms with E-state index in [2.05, 4.69) is 17.1 Å². The number of esters is 1. The summed E-state index contributed by atoms with van der Waals surface area (Å²) in [5, 5.41) is 0. The summed E-state index contributed by atoms with van der Waals surface area (Å²) >= 11 is 0. The number of hydrogen-bond acceptors (Lipinski definition) is 3. The molecule has 3 rings (SSSR count). The van der Waals surface area contributed by atoms with Crippen LogP contribution in [0.4, 0.5) is 4.39 Å². The third kappa shape index (κ3) is 3.98. The van der Waals surface area contributed by atoms with Gasteiger partial charge in [-0.05, 0) is 29.7 Å². The lowest BCUT2D eigenvalue weighted by atomic mass is 10.1. The number of halogens is 1. The minimum atomic E-state index is -0.584. The molecule has 2 aromatic rings. The fourth-order valence-corrected chi connectivity index (χ4v) is 3.23. The zero-order chi connectivity index (χ0) is 18.6. The maximum absolute atomic E-state index is 12.4. The maximum Gasteiger partial charge on any atom is 0.313 e. The molecule has 2 atom stereocenters. The Hall–Kier alpha value is -2.56. The molecule has 1 heterocycles. The molecule has 138 valence electrons. The molecule has 26 heavy (non-hydrogen) atoms. The van der Waals surface area contributed by atoms with Crippen molar-refractivity contribution in [2.24, 2.45) is 11.3 Å². The molecule has 1 aromatic carbocycles. The molecular formula is C21H24FNO3. The standard InChI is InChI=1S/C21H24FNO3/c1-21(2)18(19(21)25-12-6-10-22)20(24)26-14-17-16(9-11-23-17)13-15-7-4-3-5-8-15/h3-9,11-12,18-19,23H,10,13-14H2,1-2H3. The van der Waals surface area contributed by atoms with E-state index in [9.17, 15) is 9.18 Å². The van der Waals surface area contributed by atoms with Gasteiger partial charge in [-0.3, -0.25) is 4.79 Å². The molecule has 0 amide bonds. The van der Waals surface area contributed by atoms with Crippen molar-refractivity contribution in [2.75, 3.05) is 6.67 Å². The van der Waals surface area contributed by atoms with Gasteiger partial charge >= 0.3 is 5.97 Å². The summed E-state index contributed by atoms with van der Waals surface area (Å²) in [4.78, 5) is 15.6. The van der Waals surface area contributed by atoms with Crippen molar-refractivity contribution in [3.63, 3.8) is 0 Å². The number of nitrogens with one attached hydrogen (secondary N) is 1. The quantitative estimate of drug-likeness (QED) is 0.570. The Morgan fingerprint density at radius 3 is 2.77 bits per heavy atom. The van der Waals surface area contributed by atoms with Gasteiger partial charge in [-0.2, -0.15) is 0 Å². The Kier molecular flexibility index (Phi) is 5.45. The number of allylic oxidation sites excluding steroid dienone is 1. The summed E-state index contributed by atoms with van der Waals surface area (Å²) < 4.78 is 23.1. The summed E-state index contributed by atoms with van der Waals surface area (Å²) in [7, 11) is 0. The number of rotatable bonds is 8. The van der Waals surface area contributed by atoms with Gasteiger partial charge in [0.25, 0.3) is 0 Å². The Morgan fingerprint density at radius 2 is 2.04 bits per heavy atom. The van der Waals surface area contributed by atoms with Crippen LogP contribution >= 0.6 is 0 Å². The van der Waals surface area contributed by atoms with Crippen LogP contribution in [0.25, 0.3) is 0 Å². The van der Waals surface area contributed by atoms with E-state index in [0.717, 1.165) is 17.7 Å². The molecule has 0 aliphatic heterocycles. The third-order valence-corrected chi connectivity index (χ3v) is 4.92. The first-order valence-electron chi connectivity index (χ1n) is 8.76. The minimum absolute atomic E-state index is 0.202. The van der Waals surface area contributed by atoms with Crippen molar-refractivity contribution in [2.45, 2.75) is 33.0 Å². The Bertz CT molecular complexity index is 767. The second-order valence-electron chi connectivity index (χ2n) is 7.13. The molecule has 0 saturated heterocycles. The Balaban J connectivity index is 1.56. The van der Waals surface area contributed by atoms with Gasteiger partial charge in [0.05, 0.1) is 12.0 Å². The van der Waals surface area contributed by atoms with E-state index in [1.807, 2.05) is 44.3 Å². The molecule has 1 aliphatic rings. The van der Waals surface area contributed by atoms with Crippen LogP contribution in [-0.4, -0.2) is 23.7 Å². The van der Waals surface area contributed by atoms with Crippen molar-refractivity contribution in [3.8, 4) is 0 Å². The molecule has 1 aromatic heterocycles. The number of hydrogen-bond donors (Lipinski definition) is 1. The van der Waals surface area contributed by atoms with Crippen LogP contribution < -0.4 is 0 Å². The average Bonchev–Trinajstić information content (AvgIpc) is 2.95. The molecule has 1 saturated carbocycles. The van der Waals surface area contributed by atoms with E-state index in [0.29, 0.717) is 0 Å². The SMILES string of the molecule is CC1(C)C(OC=CCF)C1C(=O)OCc1[nH]ccc1Cc1ccccc1. The number of H-pyrrole nitrogens is 1. The van der Waals surface area contributed by atoms with Crippen LogP contribution in [0.1, 0.15) is 30.7 Å². The van der Waals surface area contributed by atoms with Crippen LogP contribution in [0.15, 0.2) is 54.9 Å². The second-order valence-corrected chi connectivity index (χ2v) is 7.13. The normalized spacial score (nSPS) is 20.9. The molecule has 2 unspecified atom stereocenters. The van der Waals surface area contributed by atoms with E-state index in [-0.39, 0.29) is 30.0 Å². The van der Waals surface area contributed by atoms with Gasteiger partial charge in [0.1, 0.15) is 25.3 Å². The van der Waals surface area contributed by atoms with Crippen molar-refractivity contribution < 1.29 is 18.7 Å². The van der Waals surface area contributed by atoms with Crippen LogP contribution in [0, 0.1) is 11.3 Å². The summed E-state index contributed by atoms with van der Waals surface area (Å²) in [6.07, 6.45) is 4.97. The molecule has 1 N–H and O–H groups in total. The largest absolute Gasteiger partial charge is 0.497 e. The monoisotopic (exact) mass is 357 g/mol. The summed E-state index contributed by atoms with van der Waals surface area (Å²) in [6.45, 7) is 3.51. The van der Waals surface area contributed by atoms with Crippen molar-refractivity contribution >= 4 is 5.97 Å². The number of aromatic amines is 1. The van der Waals surface area contributed by atoms with Gasteiger partial charge in [0, 0.05) is 11.6 Å². The molecule has 5 heteroatoms. The number of carbonyl (C=O) groups is 1. The lowest BCUT2D eigenvalue weighted by molar-refractivity contribution is -0.148. The van der Waals surface area contributed by atoms with Gasteiger partial charge in [-0.15, -0.1) is 0 Å². The van der Waals surface area contributed by atoms with Crippen LogP contribution in [-0.2, 0) is 27.3 Å². The number of ether oxygens (including phenoxy) is 2. The first kappa shape index (κ1) is 18.2. The second kappa shape index (κ2) is 7.77. The minimum Gasteiger partial charge on any atom is -0.497 e. The van der Waals surface area contributed by atoms with Gasteiger partial charge in [0.2, 0.25) is 0 Å². The molecular weight excluding hydrogens is 333 g/mol. The first-order valence-corrected chi connectivity index (χ1v) is 8.76. The highest BCUT2D eigenvalue weighted by Gasteiger charge is 2.65. The lowest BCUT2D eigenvalue weighted by Gasteiger charge is -2.07. The number of aromatic nitrogens is 1. The van der Waals surface area contributed by atoms with E-state index in [1.165, 1.54) is 17.9 Å². The third-order valence-electron chi connectivity index (χ3n) is 4.92. The molecule has 1 fully saturated rings. The topological polar surface area (TPSA) is 51.3 Å². The number of alkyl halides is 1. The number of carbonyl (C=O) groups excluding carboxylic acids is 1. The molecule has 0 spiro atoms. The predicted octanol–water partition coefficient (Wildman–Crippen LogP) is 4.17. The highest BCUT2D eigenvalue weighted by molar-refractivity contribution is 5.78. The first-order chi connectivity index (χ1) is 12.5. The van der Waals surface area contributed by atoms with Crippen LogP contribution in [0.5, 0.6) is 0 Å². The van der Waals surface area contributed by atoms with E-state index < -0.39 is 6.67 Å². The highest BCUT2D eigenvalue weighted by atomic mass is 19.1. The predicted molar refractivity (Wildman–Crippen MR) is 97.1 cm³/mol. The lowest BCUT2D eigenvalue weighted by Crippen LogP contribution is -2.12. The summed E-state index contributed by atoms with van der Waals surface area (Å²) in [5.74, 6) is -0.617. The van der Waals surface area contributed by atoms with E-state index in [4.69, 9.17) is 9.47 Å². The number of benzene rings is 1. The van der Waals surface area contributed by atoms with Crippen molar-refractivity contribution in [1.29, 1.82) is 0 Å². The Labute approximate surface area is 153 Å². The average molecular weight is 357 g/mol. The van der Waals surface area contributed by atoms with E-state index >= 15 is 0 Å². The van der Waals surface area contributed by atoms with E-state index in [1.54, 1.807) is 0 Å². The molecule has 0 bridgehead atoms. The fourth-order valence-electron chi connectivity index (χ4n) is 3.23. The van der Waals surface area contributed by atoms with Crippen molar-refractivity contribution in [3.05, 3.63) is 71.8 Å². The van der Waals surface area contributed by atoms with Crippen molar-refractivity contribution in [1.82, 2.24) is 4.98 Å². The summed E-state index contributed by atoms with van der Waals surface area (Å²) in [5.41, 5.74) is 2.91. The molecule has 0 radical (unpaired) electrons. The van der Waals surface area contributed by atoms with Gasteiger partial charge in [0.15, 0.2) is 0 Å². The Morgan fingerprint density at radius 1 is 1.27 bits per heavy atom. The summed E-state index contributed by atoms with van der Waals surface area (Å²) in [6, 6.07) is 12.2. The van der Waals surface area contributed by atoms with Crippen LogP contribution in [0.2, 0.25) is 0 Å². The maximum atomic E-state index is 12.4. The fraction of sp³-hybridized carbons (Fsp3) is 0.381. The van der Waals surface area contributed by atoms with Crippen LogP contribution in [0.3, 0.4) is 0 Å².